The molecule has 0 bridgehead atoms. The first-order valence-corrected chi connectivity index (χ1v) is 20.1. The van der Waals surface area contributed by atoms with Gasteiger partial charge in [-0.15, -0.1) is 0 Å². The van der Waals surface area contributed by atoms with E-state index in [4.69, 9.17) is 51.1 Å². The van der Waals surface area contributed by atoms with E-state index in [1.807, 2.05) is 0 Å². The minimum atomic E-state index is -5.48. The fourth-order valence-corrected chi connectivity index (χ4v) is 0. The zero-order valence-electron chi connectivity index (χ0n) is 4.77. The Bertz CT molecular complexity index is 69.6. The molecule has 9 heteroatoms. The topological polar surface area (TPSA) is 0 Å². The molecule has 0 radical (unpaired) electrons. The molecule has 0 unspecified atom stereocenters. The first kappa shape index (κ1) is 18.6. The number of hydrogen-bond acceptors (Lipinski definition) is 0. The van der Waals surface area contributed by atoms with Crippen LogP contribution in [0.5, 0.6) is 0 Å². The zero-order chi connectivity index (χ0) is 6.41. The Morgan fingerprint density at radius 1 is 0.556 bits per heavy atom. The van der Waals surface area contributed by atoms with Crippen LogP contribution >= 0.6 is 51.1 Å². The van der Waals surface area contributed by atoms with Crippen molar-refractivity contribution >= 4 is 51.1 Å². The minimum Gasteiger partial charge on any atom is 1.00 e. The van der Waals surface area contributed by atoms with E-state index in [0.717, 1.165) is 0 Å². The van der Waals surface area contributed by atoms with Crippen molar-refractivity contribution in [1.82, 2.24) is 0 Å². The predicted molar refractivity (Wildman–Crippen MR) is 35.1 cm³/mol. The molecule has 0 aliphatic rings. The van der Waals surface area contributed by atoms with Crippen molar-refractivity contribution in [2.75, 3.05) is 0 Å². The monoisotopic (exact) mass is 314 g/mol. The largest absolute Gasteiger partial charge is 1.00 e. The molecule has 0 fully saturated rings. The molecule has 9 heavy (non-hydrogen) atoms. The maximum atomic E-state index is 5.07. The molecule has 0 amide bonds. The van der Waals surface area contributed by atoms with Crippen LogP contribution in [0, 0.1) is 0 Å². The standard InChI is InChI=1S/6ClH.2Li.Zr/h6*1H;;;/q;;;;;;2*+1;+4/p-6. The fourth-order valence-electron chi connectivity index (χ4n) is 0. The van der Waals surface area contributed by atoms with E-state index >= 15 is 0 Å². The molecule has 0 rings (SSSR count). The van der Waals surface area contributed by atoms with Crippen molar-refractivity contribution in [1.29, 1.82) is 0 Å². The van der Waals surface area contributed by atoms with Crippen molar-refractivity contribution < 1.29 is 47.9 Å². The van der Waals surface area contributed by atoms with Crippen molar-refractivity contribution in [2.24, 2.45) is 0 Å². The summed E-state index contributed by atoms with van der Waals surface area (Å²) < 4.78 is 0. The smallest absolute Gasteiger partial charge is 1.00 e. The van der Waals surface area contributed by atoms with Crippen LogP contribution in [0.15, 0.2) is 0 Å². The Labute approximate surface area is 96.7 Å². The van der Waals surface area contributed by atoms with E-state index in [2.05, 4.69) is 0 Å². The molecule has 0 aliphatic heterocycles. The van der Waals surface area contributed by atoms with Gasteiger partial charge in [-0.3, -0.25) is 0 Å². The molecule has 0 saturated heterocycles. The number of hydrogen-bond donors (Lipinski definition) is 0. The molecule has 0 spiro atoms. The summed E-state index contributed by atoms with van der Waals surface area (Å²) in [6, 6.07) is 0. The molecule has 0 atom stereocenters. The van der Waals surface area contributed by atoms with Crippen LogP contribution in [0.2, 0.25) is 0 Å². The minimum absolute atomic E-state index is 0. The van der Waals surface area contributed by atoms with E-state index < -0.39 is 10.1 Å². The normalized spacial score (nSPS) is 18.0. The van der Waals surface area contributed by atoms with Crippen LogP contribution in [0.3, 0.4) is 0 Å². The van der Waals surface area contributed by atoms with Gasteiger partial charge in [0.1, 0.15) is 0 Å². The summed E-state index contributed by atoms with van der Waals surface area (Å²) in [6.07, 6.45) is 0. The van der Waals surface area contributed by atoms with Gasteiger partial charge in [0, 0.05) is 0 Å². The van der Waals surface area contributed by atoms with Crippen LogP contribution < -0.4 is 37.7 Å². The van der Waals surface area contributed by atoms with Gasteiger partial charge in [-0.1, -0.05) is 0 Å². The molecule has 0 N–H and O–H groups in total. The van der Waals surface area contributed by atoms with E-state index in [9.17, 15) is 0 Å². The van der Waals surface area contributed by atoms with Crippen LogP contribution in [0.1, 0.15) is 0 Å². The summed E-state index contributed by atoms with van der Waals surface area (Å²) in [4.78, 5) is 0. The van der Waals surface area contributed by atoms with Crippen LogP contribution in [0.4, 0.5) is 0 Å². The second-order valence-corrected chi connectivity index (χ2v) is 57.0. The molecular formula is Cl6Li2Zr. The second-order valence-electron chi connectivity index (χ2n) is 1.07. The summed E-state index contributed by atoms with van der Waals surface area (Å²) in [5.41, 5.74) is 0. The van der Waals surface area contributed by atoms with Crippen molar-refractivity contribution in [3.05, 3.63) is 0 Å². The van der Waals surface area contributed by atoms with Crippen molar-refractivity contribution in [2.45, 2.75) is 0 Å². The molecule has 48 valence electrons. The van der Waals surface area contributed by atoms with Gasteiger partial charge in [0.25, 0.3) is 0 Å². The Morgan fingerprint density at radius 2 is 0.556 bits per heavy atom. The van der Waals surface area contributed by atoms with Crippen molar-refractivity contribution in [3.8, 4) is 0 Å². The Kier molecular flexibility index (Phi) is 8.06. The molecule has 0 aromatic rings. The van der Waals surface area contributed by atoms with Gasteiger partial charge < -0.3 is 0 Å². The van der Waals surface area contributed by atoms with E-state index in [1.165, 1.54) is 0 Å². The maximum Gasteiger partial charge on any atom is 1.00 e. The van der Waals surface area contributed by atoms with Crippen molar-refractivity contribution in [3.63, 3.8) is 0 Å². The quantitative estimate of drug-likeness (QED) is 0.460. The SMILES string of the molecule is [Cl][Zr-2]([Cl])([Cl])([Cl])([Cl])[Cl].[Li+].[Li+]. The van der Waals surface area contributed by atoms with Gasteiger partial charge in [0.15, 0.2) is 0 Å². The van der Waals surface area contributed by atoms with Gasteiger partial charge in [-0.05, 0) is 0 Å². The Balaban J connectivity index is -0.000000180. The molecule has 0 aliphatic carbocycles. The summed E-state index contributed by atoms with van der Waals surface area (Å²) in [5, 5.41) is 0. The molecular weight excluding hydrogens is 318 g/mol. The van der Waals surface area contributed by atoms with Gasteiger partial charge in [0.05, 0.1) is 0 Å². The van der Waals surface area contributed by atoms with Gasteiger partial charge in [-0.25, -0.2) is 0 Å². The van der Waals surface area contributed by atoms with Crippen LogP contribution in [-0.2, 0) is 10.1 Å². The zero-order valence-corrected chi connectivity index (χ0v) is 11.8. The third kappa shape index (κ3) is 78.1. The van der Waals surface area contributed by atoms with E-state index in [1.54, 1.807) is 0 Å². The predicted octanol–water partition coefficient (Wildman–Crippen LogP) is -1.86. The molecule has 0 heterocycles. The Morgan fingerprint density at radius 3 is 0.556 bits per heavy atom. The average Bonchev–Trinajstić information content (AvgIpc) is 0.592. The number of rotatable bonds is 0. The maximum absolute atomic E-state index is 5.48. The summed E-state index contributed by atoms with van der Waals surface area (Å²) in [6.45, 7) is 0. The summed E-state index contributed by atoms with van der Waals surface area (Å²) in [5.74, 6) is 0. The third-order valence-corrected chi connectivity index (χ3v) is 0. The first-order chi connectivity index (χ1) is 2.45. The fraction of sp³-hybridized carbons (Fsp3) is 0. The van der Waals surface area contributed by atoms with E-state index in [-0.39, 0.29) is 37.7 Å². The average molecular weight is 318 g/mol. The summed E-state index contributed by atoms with van der Waals surface area (Å²) in [7, 11) is 24.9. The van der Waals surface area contributed by atoms with Crippen LogP contribution in [-0.4, -0.2) is 0 Å². The third-order valence-electron chi connectivity index (χ3n) is 0. The van der Waals surface area contributed by atoms with Gasteiger partial charge in [-0.2, -0.15) is 0 Å². The van der Waals surface area contributed by atoms with Crippen LogP contribution in [0.25, 0.3) is 0 Å². The molecule has 0 aromatic heterocycles. The van der Waals surface area contributed by atoms with Gasteiger partial charge >= 0.3 is 98.9 Å². The second kappa shape index (κ2) is 3.91. The number of halogens is 6. The molecule has 0 saturated carbocycles. The van der Waals surface area contributed by atoms with Gasteiger partial charge in [0.2, 0.25) is 0 Å². The Hall–Kier alpha value is 3.82. The summed E-state index contributed by atoms with van der Waals surface area (Å²) >= 11 is 0. The first-order valence-electron chi connectivity index (χ1n) is 1.13. The molecule has 0 aromatic carbocycles. The van der Waals surface area contributed by atoms with E-state index in [0.29, 0.717) is 0 Å². The molecule has 0 nitrogen and oxygen atoms in total.